The average molecular weight is 379 g/mol. The molecule has 0 spiro atoms. The number of likely N-dealkylation sites (tertiary alicyclic amines) is 1. The van der Waals surface area contributed by atoms with Crippen LogP contribution in [0.5, 0.6) is 0 Å². The summed E-state index contributed by atoms with van der Waals surface area (Å²) in [4.78, 5) is 15.0. The minimum atomic E-state index is -0.210. The Hall–Kier alpha value is -2.90. The number of methoxy groups -OCH3 is 1. The van der Waals surface area contributed by atoms with Gasteiger partial charge in [0, 0.05) is 38.9 Å². The number of urea groups is 1. The summed E-state index contributed by atoms with van der Waals surface area (Å²) in [5.41, 5.74) is 2.80. The zero-order valence-electron chi connectivity index (χ0n) is 15.9. The second kappa shape index (κ2) is 8.41. The lowest BCUT2D eigenvalue weighted by atomic mass is 9.94. The number of pyridine rings is 1. The van der Waals surface area contributed by atoms with Crippen molar-refractivity contribution in [2.75, 3.05) is 38.7 Å². The van der Waals surface area contributed by atoms with Crippen LogP contribution < -0.4 is 10.6 Å². The summed E-state index contributed by atoms with van der Waals surface area (Å²) in [7, 11) is 1.71. The fourth-order valence-electron chi connectivity index (χ4n) is 3.83. The Morgan fingerprint density at radius 2 is 2.00 bits per heavy atom. The van der Waals surface area contributed by atoms with Crippen molar-refractivity contribution in [3.8, 4) is 0 Å². The van der Waals surface area contributed by atoms with Crippen LogP contribution in [0.15, 0.2) is 60.9 Å². The Kier molecular flexibility index (Phi) is 5.55. The number of carbonyl (C=O) groups excluding carboxylic acids is 1. The first-order valence-electron chi connectivity index (χ1n) is 9.50. The van der Waals surface area contributed by atoms with Gasteiger partial charge in [-0.25, -0.2) is 9.31 Å². The number of anilines is 1. The van der Waals surface area contributed by atoms with E-state index in [0.717, 1.165) is 25.2 Å². The summed E-state index contributed by atoms with van der Waals surface area (Å²) in [6.45, 7) is 3.23. The van der Waals surface area contributed by atoms with E-state index < -0.39 is 0 Å². The molecule has 4 rings (SSSR count). The number of hydrogen-bond donors (Lipinski definition) is 2. The molecule has 0 aliphatic carbocycles. The topological polar surface area (TPSA) is 70.9 Å². The number of fused-ring (bicyclic) bond motifs is 1. The van der Waals surface area contributed by atoms with Crippen LogP contribution in [0.3, 0.4) is 0 Å². The van der Waals surface area contributed by atoms with Crippen molar-refractivity contribution in [2.45, 2.75) is 12.0 Å². The van der Waals surface area contributed by atoms with Gasteiger partial charge in [-0.1, -0.05) is 36.4 Å². The first-order chi connectivity index (χ1) is 13.7. The quantitative estimate of drug-likeness (QED) is 0.691. The van der Waals surface area contributed by atoms with Crippen molar-refractivity contribution in [2.24, 2.45) is 0 Å². The van der Waals surface area contributed by atoms with Crippen molar-refractivity contribution < 1.29 is 9.53 Å². The number of rotatable bonds is 6. The summed E-state index contributed by atoms with van der Waals surface area (Å²) >= 11 is 0. The molecule has 1 aliphatic rings. The molecular formula is C21H25N5O2. The highest BCUT2D eigenvalue weighted by molar-refractivity contribution is 5.94. The number of hydrogen-bond acceptors (Lipinski definition) is 4. The van der Waals surface area contributed by atoms with E-state index in [1.165, 1.54) is 5.56 Å². The molecule has 7 heteroatoms. The van der Waals surface area contributed by atoms with Crippen molar-refractivity contribution in [3.63, 3.8) is 0 Å². The standard InChI is InChI=1S/C21H25N5O2/c1-28-12-11-25-14-17(16-7-3-2-4-8-16)19(15-25)24-21(27)23-18-13-22-26-10-6-5-9-20(18)26/h2-10,13,17,19H,11-12,14-15H2,1H3,(H2,23,24,27)/t17?,19-/m1/s1. The highest BCUT2D eigenvalue weighted by atomic mass is 16.5. The van der Waals surface area contributed by atoms with Crippen molar-refractivity contribution >= 4 is 17.2 Å². The first kappa shape index (κ1) is 18.5. The number of aromatic nitrogens is 2. The lowest BCUT2D eigenvalue weighted by Crippen LogP contribution is -2.42. The Bertz CT molecular complexity index is 927. The molecule has 1 aromatic carbocycles. The Morgan fingerprint density at radius 3 is 2.82 bits per heavy atom. The SMILES string of the molecule is COCCN1CC(c2ccccc2)[C@H](NC(=O)Nc2cnn3ccccc23)C1. The number of nitrogens with one attached hydrogen (secondary N) is 2. The van der Waals surface area contributed by atoms with Crippen molar-refractivity contribution in [3.05, 3.63) is 66.5 Å². The van der Waals surface area contributed by atoms with Crippen LogP contribution >= 0.6 is 0 Å². The molecule has 28 heavy (non-hydrogen) atoms. The highest BCUT2D eigenvalue weighted by Crippen LogP contribution is 2.27. The summed E-state index contributed by atoms with van der Waals surface area (Å²) in [5.74, 6) is 0.243. The zero-order chi connectivity index (χ0) is 19.3. The molecule has 2 atom stereocenters. The second-order valence-corrected chi connectivity index (χ2v) is 7.06. The lowest BCUT2D eigenvalue weighted by Gasteiger charge is -2.20. The van der Waals surface area contributed by atoms with Gasteiger partial charge < -0.3 is 15.4 Å². The predicted octanol–water partition coefficient (Wildman–Crippen LogP) is 2.57. The molecule has 2 amide bonds. The Balaban J connectivity index is 1.46. The molecule has 1 saturated heterocycles. The van der Waals surface area contributed by atoms with Crippen LogP contribution in [0.4, 0.5) is 10.5 Å². The number of carbonyl (C=O) groups is 1. The minimum absolute atomic E-state index is 0.0288. The van der Waals surface area contributed by atoms with E-state index in [9.17, 15) is 4.79 Å². The largest absolute Gasteiger partial charge is 0.383 e. The molecule has 146 valence electrons. The molecular weight excluding hydrogens is 354 g/mol. The van der Waals surface area contributed by atoms with Crippen LogP contribution in [-0.4, -0.2) is 59.9 Å². The van der Waals surface area contributed by atoms with Crippen LogP contribution in [0, 0.1) is 0 Å². The maximum absolute atomic E-state index is 12.7. The fraction of sp³-hybridized carbons (Fsp3) is 0.333. The number of amides is 2. The van der Waals surface area contributed by atoms with Gasteiger partial charge in [-0.3, -0.25) is 4.90 Å². The van der Waals surface area contributed by atoms with Crippen LogP contribution in [0.2, 0.25) is 0 Å². The second-order valence-electron chi connectivity index (χ2n) is 7.06. The van der Waals surface area contributed by atoms with Gasteiger partial charge in [0.05, 0.1) is 30.0 Å². The molecule has 1 fully saturated rings. The van der Waals surface area contributed by atoms with E-state index in [2.05, 4.69) is 32.8 Å². The smallest absolute Gasteiger partial charge is 0.319 e. The zero-order valence-corrected chi connectivity index (χ0v) is 15.9. The number of ether oxygens (including phenoxy) is 1. The minimum Gasteiger partial charge on any atom is -0.383 e. The van der Waals surface area contributed by atoms with E-state index >= 15 is 0 Å². The summed E-state index contributed by atoms with van der Waals surface area (Å²) in [5, 5.41) is 10.4. The van der Waals surface area contributed by atoms with Crippen LogP contribution in [-0.2, 0) is 4.74 Å². The van der Waals surface area contributed by atoms with Gasteiger partial charge in [0.25, 0.3) is 0 Å². The monoisotopic (exact) mass is 379 g/mol. The summed E-state index contributed by atoms with van der Waals surface area (Å²) < 4.78 is 6.96. The molecule has 3 heterocycles. The van der Waals surface area contributed by atoms with Crippen molar-refractivity contribution in [1.82, 2.24) is 19.8 Å². The molecule has 1 unspecified atom stereocenters. The molecule has 1 aliphatic heterocycles. The highest BCUT2D eigenvalue weighted by Gasteiger charge is 2.34. The number of nitrogens with zero attached hydrogens (tertiary/aromatic N) is 3. The third-order valence-electron chi connectivity index (χ3n) is 5.23. The Morgan fingerprint density at radius 1 is 1.18 bits per heavy atom. The van der Waals surface area contributed by atoms with E-state index in [4.69, 9.17) is 4.74 Å². The van der Waals surface area contributed by atoms with Gasteiger partial charge >= 0.3 is 6.03 Å². The van der Waals surface area contributed by atoms with Crippen LogP contribution in [0.25, 0.3) is 5.52 Å². The average Bonchev–Trinajstić information content (AvgIpc) is 3.31. The van der Waals surface area contributed by atoms with Gasteiger partial charge in [0.15, 0.2) is 0 Å². The Labute approximate surface area is 164 Å². The predicted molar refractivity (Wildman–Crippen MR) is 109 cm³/mol. The van der Waals surface area contributed by atoms with Crippen molar-refractivity contribution in [1.29, 1.82) is 0 Å². The van der Waals surface area contributed by atoms with Gasteiger partial charge in [0.1, 0.15) is 0 Å². The molecule has 0 radical (unpaired) electrons. The third-order valence-corrected chi connectivity index (χ3v) is 5.23. The third kappa shape index (κ3) is 4.00. The maximum Gasteiger partial charge on any atom is 0.319 e. The molecule has 2 N–H and O–H groups in total. The lowest BCUT2D eigenvalue weighted by molar-refractivity contribution is 0.159. The van der Waals surface area contributed by atoms with E-state index in [0.29, 0.717) is 12.3 Å². The molecule has 3 aromatic rings. The van der Waals surface area contributed by atoms with Gasteiger partial charge in [-0.15, -0.1) is 0 Å². The van der Waals surface area contributed by atoms with E-state index in [1.54, 1.807) is 17.8 Å². The summed E-state index contributed by atoms with van der Waals surface area (Å²) in [6.07, 6.45) is 3.53. The normalized spacial score (nSPS) is 19.8. The summed E-state index contributed by atoms with van der Waals surface area (Å²) in [6, 6.07) is 15.9. The maximum atomic E-state index is 12.7. The molecule has 0 bridgehead atoms. The van der Waals surface area contributed by atoms with Gasteiger partial charge in [-0.05, 0) is 17.7 Å². The molecule has 7 nitrogen and oxygen atoms in total. The molecule has 2 aromatic heterocycles. The van der Waals surface area contributed by atoms with E-state index in [-0.39, 0.29) is 18.0 Å². The van der Waals surface area contributed by atoms with E-state index in [1.807, 2.05) is 42.6 Å². The van der Waals surface area contributed by atoms with Gasteiger partial charge in [-0.2, -0.15) is 5.10 Å². The van der Waals surface area contributed by atoms with Crippen LogP contribution in [0.1, 0.15) is 11.5 Å². The molecule has 0 saturated carbocycles. The number of benzene rings is 1. The first-order valence-corrected chi connectivity index (χ1v) is 9.50. The van der Waals surface area contributed by atoms with Gasteiger partial charge in [0.2, 0.25) is 0 Å². The fourth-order valence-corrected chi connectivity index (χ4v) is 3.83.